The molecular weight excluding hydrogens is 461 g/mol. The third-order valence-electron chi connectivity index (χ3n) is 7.02. The van der Waals surface area contributed by atoms with Gasteiger partial charge in [-0.25, -0.2) is 9.18 Å². The third-order valence-corrected chi connectivity index (χ3v) is 7.39. The number of aromatic carboxylic acids is 1. The van der Waals surface area contributed by atoms with Crippen molar-refractivity contribution < 1.29 is 19.0 Å². The molecule has 2 aromatic carbocycles. The number of benzene rings is 2. The molecule has 0 bridgehead atoms. The zero-order valence-electron chi connectivity index (χ0n) is 18.5. The van der Waals surface area contributed by atoms with Gasteiger partial charge in [0.25, 0.3) is 0 Å². The van der Waals surface area contributed by atoms with Crippen LogP contribution in [0.1, 0.15) is 48.0 Å². The van der Waals surface area contributed by atoms with Gasteiger partial charge in [0.15, 0.2) is 11.6 Å². The summed E-state index contributed by atoms with van der Waals surface area (Å²) >= 11 is 6.22. The number of carboxylic acid groups (broad SMARTS) is 1. The van der Waals surface area contributed by atoms with Crippen LogP contribution in [-0.2, 0) is 12.0 Å². The highest BCUT2D eigenvalue weighted by Crippen LogP contribution is 2.48. The molecule has 1 aliphatic carbocycles. The van der Waals surface area contributed by atoms with E-state index >= 15 is 4.39 Å². The number of nitrogens with zero attached hydrogens (tertiary/aromatic N) is 1. The topological polar surface area (TPSA) is 107 Å². The van der Waals surface area contributed by atoms with Gasteiger partial charge in [-0.2, -0.15) is 0 Å². The molecule has 1 saturated carbocycles. The van der Waals surface area contributed by atoms with Gasteiger partial charge in [-0.15, -0.1) is 0 Å². The molecule has 1 aromatic heterocycles. The number of rotatable bonds is 6. The molecule has 3 aromatic rings. The SMILES string of the molecule is Nc1c(F)c(NCCCc2ccccc2Cl)c2c3c1c(=O)c(C(=O)O)cn3C1(CCCC1)CO2. The second-order valence-corrected chi connectivity index (χ2v) is 9.45. The van der Waals surface area contributed by atoms with Crippen molar-refractivity contribution in [3.05, 3.63) is 62.7 Å². The lowest BCUT2D eigenvalue weighted by atomic mass is 9.93. The average Bonchev–Trinajstić information content (AvgIpc) is 3.28. The van der Waals surface area contributed by atoms with Crippen molar-refractivity contribution in [2.24, 2.45) is 0 Å². The van der Waals surface area contributed by atoms with Gasteiger partial charge in [-0.1, -0.05) is 42.6 Å². The maximum Gasteiger partial charge on any atom is 0.341 e. The molecule has 0 unspecified atom stereocenters. The lowest BCUT2D eigenvalue weighted by Gasteiger charge is -2.39. The maximum absolute atomic E-state index is 15.4. The summed E-state index contributed by atoms with van der Waals surface area (Å²) in [6.45, 7) is 0.695. The summed E-state index contributed by atoms with van der Waals surface area (Å²) in [6, 6.07) is 7.56. The number of aromatic nitrogens is 1. The minimum atomic E-state index is -1.36. The van der Waals surface area contributed by atoms with Crippen LogP contribution in [0, 0.1) is 5.82 Å². The van der Waals surface area contributed by atoms with E-state index in [4.69, 9.17) is 22.1 Å². The second kappa shape index (κ2) is 8.51. The number of carboxylic acids is 1. The first-order chi connectivity index (χ1) is 16.3. The highest BCUT2D eigenvalue weighted by Gasteiger charge is 2.43. The van der Waals surface area contributed by atoms with E-state index in [1.807, 2.05) is 28.8 Å². The number of pyridine rings is 1. The first-order valence-corrected chi connectivity index (χ1v) is 11.8. The summed E-state index contributed by atoms with van der Waals surface area (Å²) in [5.74, 6) is -1.97. The Hall–Kier alpha value is -3.26. The number of anilines is 2. The van der Waals surface area contributed by atoms with Gasteiger partial charge in [0.1, 0.15) is 17.9 Å². The summed E-state index contributed by atoms with van der Waals surface area (Å²) in [7, 11) is 0. The monoisotopic (exact) mass is 485 g/mol. The molecule has 1 fully saturated rings. The number of ether oxygens (including phenoxy) is 1. The van der Waals surface area contributed by atoms with Crippen molar-refractivity contribution in [2.45, 2.75) is 44.1 Å². The van der Waals surface area contributed by atoms with Crippen LogP contribution >= 0.6 is 11.6 Å². The van der Waals surface area contributed by atoms with Gasteiger partial charge >= 0.3 is 5.97 Å². The number of halogens is 2. The fraction of sp³-hybridized carbons (Fsp3) is 0.360. The number of hydrogen-bond acceptors (Lipinski definition) is 5. The Kier molecular flexibility index (Phi) is 5.64. The van der Waals surface area contributed by atoms with Crippen molar-refractivity contribution in [2.75, 3.05) is 24.2 Å². The van der Waals surface area contributed by atoms with Crippen molar-refractivity contribution in [3.63, 3.8) is 0 Å². The molecule has 0 amide bonds. The predicted molar refractivity (Wildman–Crippen MR) is 130 cm³/mol. The lowest BCUT2D eigenvalue weighted by molar-refractivity contribution is 0.0692. The van der Waals surface area contributed by atoms with E-state index in [0.717, 1.165) is 31.2 Å². The van der Waals surface area contributed by atoms with Gasteiger partial charge in [-0.3, -0.25) is 4.79 Å². The van der Waals surface area contributed by atoms with Crippen LogP contribution in [-0.4, -0.2) is 28.8 Å². The van der Waals surface area contributed by atoms with E-state index in [9.17, 15) is 14.7 Å². The highest BCUT2D eigenvalue weighted by atomic mass is 35.5. The number of nitrogens with one attached hydrogen (secondary N) is 1. The van der Waals surface area contributed by atoms with Gasteiger partial charge in [0.05, 0.1) is 22.1 Å². The number of carbonyl (C=O) groups is 1. The largest absolute Gasteiger partial charge is 0.487 e. The Morgan fingerprint density at radius 2 is 2.03 bits per heavy atom. The molecule has 34 heavy (non-hydrogen) atoms. The zero-order valence-corrected chi connectivity index (χ0v) is 19.3. The summed E-state index contributed by atoms with van der Waals surface area (Å²) < 4.78 is 23.4. The molecule has 2 aliphatic rings. The van der Waals surface area contributed by atoms with Crippen LogP contribution in [0.3, 0.4) is 0 Å². The van der Waals surface area contributed by atoms with Crippen LogP contribution < -0.4 is 21.2 Å². The van der Waals surface area contributed by atoms with E-state index < -0.39 is 28.3 Å². The third kappa shape index (κ3) is 3.48. The maximum atomic E-state index is 15.4. The lowest BCUT2D eigenvalue weighted by Crippen LogP contribution is -2.42. The number of nitrogens with two attached hydrogens (primary N) is 1. The minimum Gasteiger partial charge on any atom is -0.487 e. The quantitative estimate of drug-likeness (QED) is 0.342. The van der Waals surface area contributed by atoms with Gasteiger partial charge in [0, 0.05) is 17.8 Å². The molecule has 178 valence electrons. The number of hydrogen-bond donors (Lipinski definition) is 3. The smallest absolute Gasteiger partial charge is 0.341 e. The van der Waals surface area contributed by atoms with E-state index in [1.54, 1.807) is 0 Å². The van der Waals surface area contributed by atoms with Crippen molar-refractivity contribution in [1.82, 2.24) is 4.57 Å². The summed E-state index contributed by atoms with van der Waals surface area (Å²) in [5.41, 5.74) is 5.49. The highest BCUT2D eigenvalue weighted by molar-refractivity contribution is 6.31. The fourth-order valence-corrected chi connectivity index (χ4v) is 5.49. The molecule has 2 heterocycles. The van der Waals surface area contributed by atoms with Crippen LogP contribution in [0.15, 0.2) is 35.3 Å². The fourth-order valence-electron chi connectivity index (χ4n) is 5.26. The number of nitrogen functional groups attached to an aromatic ring is 1. The van der Waals surface area contributed by atoms with Crippen LogP contribution in [0.5, 0.6) is 5.75 Å². The van der Waals surface area contributed by atoms with Gasteiger partial charge in [0.2, 0.25) is 5.43 Å². The molecule has 5 rings (SSSR count). The van der Waals surface area contributed by atoms with E-state index in [-0.39, 0.29) is 29.1 Å². The normalized spacial score (nSPS) is 16.1. The zero-order chi connectivity index (χ0) is 24.0. The van der Waals surface area contributed by atoms with Crippen molar-refractivity contribution >= 4 is 39.8 Å². The van der Waals surface area contributed by atoms with E-state index in [0.29, 0.717) is 29.9 Å². The first-order valence-electron chi connectivity index (χ1n) is 11.4. The number of fused-ring (bicyclic) bond motifs is 1. The van der Waals surface area contributed by atoms with Crippen LogP contribution in [0.4, 0.5) is 15.8 Å². The Balaban J connectivity index is 1.58. The Morgan fingerprint density at radius 1 is 1.29 bits per heavy atom. The molecule has 0 radical (unpaired) electrons. The Morgan fingerprint density at radius 3 is 2.74 bits per heavy atom. The predicted octanol–water partition coefficient (Wildman–Crippen LogP) is 4.78. The number of aryl methyl sites for hydroxylation is 1. The Bertz CT molecular complexity index is 1360. The molecule has 7 nitrogen and oxygen atoms in total. The van der Waals surface area contributed by atoms with Gasteiger partial charge in [-0.05, 0) is 37.3 Å². The first kappa shape index (κ1) is 22.5. The molecule has 1 spiro atoms. The molecule has 9 heteroatoms. The molecule has 1 aliphatic heterocycles. The van der Waals surface area contributed by atoms with E-state index in [1.165, 1.54) is 6.20 Å². The standard InChI is InChI=1S/C25H25ClFN3O4/c26-16-8-2-1-6-14(16)7-5-11-29-20-18(27)19(28)17-21-23(20)34-13-25(9-3-4-10-25)30(21)12-15(22(17)31)24(32)33/h1-2,6,8,12,29H,3-5,7,9-11,13,28H2,(H,32,33). The molecule has 4 N–H and O–H groups in total. The van der Waals surface area contributed by atoms with Crippen LogP contribution in [0.25, 0.3) is 10.9 Å². The van der Waals surface area contributed by atoms with Gasteiger partial charge < -0.3 is 25.5 Å². The van der Waals surface area contributed by atoms with Crippen molar-refractivity contribution in [3.8, 4) is 5.75 Å². The Labute approximate surface area is 200 Å². The van der Waals surface area contributed by atoms with Crippen molar-refractivity contribution in [1.29, 1.82) is 0 Å². The second-order valence-electron chi connectivity index (χ2n) is 9.04. The molecule has 0 saturated heterocycles. The van der Waals surface area contributed by atoms with E-state index in [2.05, 4.69) is 5.32 Å². The summed E-state index contributed by atoms with van der Waals surface area (Å²) in [4.78, 5) is 24.8. The summed E-state index contributed by atoms with van der Waals surface area (Å²) in [5, 5.41) is 13.3. The molecular formula is C25H25ClFN3O4. The molecule has 0 atom stereocenters. The average molecular weight is 486 g/mol. The van der Waals surface area contributed by atoms with Crippen LogP contribution in [0.2, 0.25) is 5.02 Å². The summed E-state index contributed by atoms with van der Waals surface area (Å²) in [6.07, 6.45) is 6.22. The minimum absolute atomic E-state index is 0.0910.